The second kappa shape index (κ2) is 10.0. The summed E-state index contributed by atoms with van der Waals surface area (Å²) < 4.78 is 8.10. The lowest BCUT2D eigenvalue weighted by atomic mass is 9.92. The predicted molar refractivity (Wildman–Crippen MR) is 141 cm³/mol. The van der Waals surface area contributed by atoms with Gasteiger partial charge in [-0.25, -0.2) is 14.3 Å². The molecule has 7 nitrogen and oxygen atoms in total. The molecule has 0 spiro atoms. The number of rotatable bonds is 6. The number of ether oxygens (including phenoxy) is 1. The summed E-state index contributed by atoms with van der Waals surface area (Å²) in [6, 6.07) is 15.7. The number of hydrogen-bond acceptors (Lipinski definition) is 6. The summed E-state index contributed by atoms with van der Waals surface area (Å²) in [4.78, 5) is 19.2. The zero-order valence-electron chi connectivity index (χ0n) is 20.2. The van der Waals surface area contributed by atoms with E-state index in [1.54, 1.807) is 28.8 Å². The van der Waals surface area contributed by atoms with Crippen LogP contribution < -0.4 is 4.74 Å². The van der Waals surface area contributed by atoms with Crippen LogP contribution in [0.2, 0.25) is 0 Å². The van der Waals surface area contributed by atoms with E-state index in [1.165, 1.54) is 43.4 Å². The Balaban J connectivity index is 1.08. The second-order valence-corrected chi connectivity index (χ2v) is 10.8. The second-order valence-electron chi connectivity index (χ2n) is 9.81. The molecule has 3 heterocycles. The number of likely N-dealkylation sites (tertiary alicyclic amines) is 1. The number of fused-ring (bicyclic) bond motifs is 1. The summed E-state index contributed by atoms with van der Waals surface area (Å²) in [5, 5.41) is 14.7. The first-order valence-corrected chi connectivity index (χ1v) is 13.6. The van der Waals surface area contributed by atoms with Crippen LogP contribution in [0.1, 0.15) is 55.3 Å². The summed E-state index contributed by atoms with van der Waals surface area (Å²) >= 11 is 1.53. The number of benzene rings is 2. The van der Waals surface area contributed by atoms with Crippen LogP contribution in [-0.4, -0.2) is 55.8 Å². The van der Waals surface area contributed by atoms with Crippen molar-refractivity contribution >= 4 is 22.3 Å². The first-order chi connectivity index (χ1) is 17.6. The normalized spacial score (nSPS) is 18.0. The molecule has 2 fully saturated rings. The van der Waals surface area contributed by atoms with E-state index < -0.39 is 5.97 Å². The van der Waals surface area contributed by atoms with Crippen molar-refractivity contribution in [3.8, 4) is 27.6 Å². The Kier molecular flexibility index (Phi) is 6.46. The fraction of sp³-hybridized carbons (Fsp3) is 0.393. The SMILES string of the molecule is O=C(O)c1ccc(-c2cn3nc(-c4ccc(OC5CCN(C6CCCCC6)CC5)cc4)sc3n2)cc1. The van der Waals surface area contributed by atoms with Crippen molar-refractivity contribution in [1.29, 1.82) is 0 Å². The third-order valence-corrected chi connectivity index (χ3v) is 8.41. The van der Waals surface area contributed by atoms with Crippen LogP contribution in [-0.2, 0) is 0 Å². The van der Waals surface area contributed by atoms with Crippen LogP contribution in [0.15, 0.2) is 54.7 Å². The molecule has 4 aromatic rings. The van der Waals surface area contributed by atoms with Crippen molar-refractivity contribution in [3.63, 3.8) is 0 Å². The van der Waals surface area contributed by atoms with E-state index in [1.807, 2.05) is 18.3 Å². The molecule has 1 N–H and O–H groups in total. The largest absolute Gasteiger partial charge is 0.490 e. The molecule has 36 heavy (non-hydrogen) atoms. The summed E-state index contributed by atoms with van der Waals surface area (Å²) in [5.74, 6) is -0.0153. The van der Waals surface area contributed by atoms with Gasteiger partial charge in [0.25, 0.3) is 0 Å². The van der Waals surface area contributed by atoms with Crippen LogP contribution in [0.25, 0.3) is 26.8 Å². The summed E-state index contributed by atoms with van der Waals surface area (Å²) in [7, 11) is 0. The first-order valence-electron chi connectivity index (χ1n) is 12.8. The molecule has 1 saturated heterocycles. The third kappa shape index (κ3) is 4.88. The minimum absolute atomic E-state index is 0.262. The molecular formula is C28H30N4O3S. The number of aromatic nitrogens is 3. The van der Waals surface area contributed by atoms with Crippen molar-refractivity contribution in [2.45, 2.75) is 57.1 Å². The highest BCUT2D eigenvalue weighted by molar-refractivity contribution is 7.19. The highest BCUT2D eigenvalue weighted by Gasteiger charge is 2.27. The van der Waals surface area contributed by atoms with Crippen LogP contribution in [0.5, 0.6) is 5.75 Å². The Morgan fingerprint density at radius 3 is 2.28 bits per heavy atom. The maximum Gasteiger partial charge on any atom is 0.335 e. The number of carboxylic acid groups (broad SMARTS) is 1. The molecule has 0 atom stereocenters. The van der Waals surface area contributed by atoms with Gasteiger partial charge in [-0.15, -0.1) is 0 Å². The molecule has 2 aromatic heterocycles. The van der Waals surface area contributed by atoms with Crippen molar-refractivity contribution in [1.82, 2.24) is 19.5 Å². The number of carbonyl (C=O) groups is 1. The lowest BCUT2D eigenvalue weighted by Crippen LogP contribution is -2.44. The summed E-state index contributed by atoms with van der Waals surface area (Å²) in [6.07, 6.45) is 11.3. The minimum Gasteiger partial charge on any atom is -0.490 e. The zero-order valence-corrected chi connectivity index (χ0v) is 21.0. The molecular weight excluding hydrogens is 472 g/mol. The molecule has 6 rings (SSSR count). The van der Waals surface area contributed by atoms with Gasteiger partial charge in [-0.2, -0.15) is 5.10 Å². The van der Waals surface area contributed by atoms with Crippen LogP contribution in [0, 0.1) is 0 Å². The standard InChI is InChI=1S/C28H30N4O3S/c33-27(34)21-8-6-19(7-9-21)25-18-32-28(29-25)36-26(30-32)20-10-12-23(13-11-20)35-24-14-16-31(17-15-24)22-4-2-1-3-5-22/h6-13,18,22,24H,1-5,14-17H2,(H,33,34). The predicted octanol–water partition coefficient (Wildman–Crippen LogP) is 6.00. The highest BCUT2D eigenvalue weighted by atomic mass is 32.1. The molecule has 0 radical (unpaired) electrons. The number of imidazole rings is 1. The van der Waals surface area contributed by atoms with E-state index in [9.17, 15) is 4.79 Å². The Hall–Kier alpha value is -3.23. The number of nitrogens with zero attached hydrogens (tertiary/aromatic N) is 4. The zero-order chi connectivity index (χ0) is 24.5. The van der Waals surface area contributed by atoms with Gasteiger partial charge in [-0.3, -0.25) is 0 Å². The monoisotopic (exact) mass is 502 g/mol. The number of aromatic carboxylic acids is 1. The van der Waals surface area contributed by atoms with E-state index in [0.717, 1.165) is 64.5 Å². The average Bonchev–Trinajstić information content (AvgIpc) is 3.50. The third-order valence-electron chi connectivity index (χ3n) is 7.44. The van der Waals surface area contributed by atoms with Crippen molar-refractivity contribution in [2.24, 2.45) is 0 Å². The molecule has 0 bridgehead atoms. The number of piperidine rings is 1. The molecule has 2 aromatic carbocycles. The molecule has 8 heteroatoms. The summed E-state index contributed by atoms with van der Waals surface area (Å²) in [6.45, 7) is 2.30. The van der Waals surface area contributed by atoms with Gasteiger partial charge in [0.05, 0.1) is 17.5 Å². The number of hydrogen-bond donors (Lipinski definition) is 1. The fourth-order valence-electron chi connectivity index (χ4n) is 5.41. The van der Waals surface area contributed by atoms with E-state index in [2.05, 4.69) is 22.0 Å². The number of carboxylic acids is 1. The van der Waals surface area contributed by atoms with Crippen molar-refractivity contribution < 1.29 is 14.6 Å². The van der Waals surface area contributed by atoms with Gasteiger partial charge < -0.3 is 14.7 Å². The quantitative estimate of drug-likeness (QED) is 0.348. The minimum atomic E-state index is -0.935. The van der Waals surface area contributed by atoms with Gasteiger partial charge in [-0.1, -0.05) is 42.7 Å². The lowest BCUT2D eigenvalue weighted by Gasteiger charge is -2.39. The Labute approximate surface area is 214 Å². The molecule has 1 saturated carbocycles. The van der Waals surface area contributed by atoms with E-state index in [0.29, 0.717) is 6.10 Å². The summed E-state index contributed by atoms with van der Waals surface area (Å²) in [5.41, 5.74) is 2.94. The topological polar surface area (TPSA) is 80.0 Å². The van der Waals surface area contributed by atoms with Gasteiger partial charge in [0.1, 0.15) is 16.9 Å². The van der Waals surface area contributed by atoms with Gasteiger partial charge in [0.2, 0.25) is 4.96 Å². The van der Waals surface area contributed by atoms with Gasteiger partial charge in [-0.05, 0) is 62.1 Å². The molecule has 0 unspecified atom stereocenters. The molecule has 0 amide bonds. The Bertz CT molecular complexity index is 1300. The van der Waals surface area contributed by atoms with E-state index >= 15 is 0 Å². The van der Waals surface area contributed by atoms with E-state index in [4.69, 9.17) is 14.9 Å². The van der Waals surface area contributed by atoms with Gasteiger partial charge >= 0.3 is 5.97 Å². The van der Waals surface area contributed by atoms with Crippen LogP contribution in [0.4, 0.5) is 0 Å². The lowest BCUT2D eigenvalue weighted by molar-refractivity contribution is 0.0630. The van der Waals surface area contributed by atoms with Crippen LogP contribution in [0.3, 0.4) is 0 Å². The van der Waals surface area contributed by atoms with Gasteiger partial charge in [0.15, 0.2) is 0 Å². The molecule has 1 aliphatic heterocycles. The fourth-order valence-corrected chi connectivity index (χ4v) is 6.30. The maximum absolute atomic E-state index is 11.1. The van der Waals surface area contributed by atoms with Crippen molar-refractivity contribution in [3.05, 3.63) is 60.3 Å². The smallest absolute Gasteiger partial charge is 0.335 e. The van der Waals surface area contributed by atoms with E-state index in [-0.39, 0.29) is 5.56 Å². The molecule has 1 aliphatic carbocycles. The molecule has 186 valence electrons. The Morgan fingerprint density at radius 2 is 1.61 bits per heavy atom. The average molecular weight is 503 g/mol. The van der Waals surface area contributed by atoms with Gasteiger partial charge in [0, 0.05) is 30.3 Å². The highest BCUT2D eigenvalue weighted by Crippen LogP contribution is 2.31. The van der Waals surface area contributed by atoms with Crippen LogP contribution >= 0.6 is 11.3 Å². The maximum atomic E-state index is 11.1. The first kappa shape index (κ1) is 23.2. The Morgan fingerprint density at radius 1 is 0.917 bits per heavy atom. The van der Waals surface area contributed by atoms with Crippen molar-refractivity contribution in [2.75, 3.05) is 13.1 Å². The molecule has 2 aliphatic rings.